The average molecular weight is 252 g/mol. The SMILES string of the molecule is CCOC(=O)[C@](C)(OCc1ccccc1)C(=O)O. The third kappa shape index (κ3) is 3.30. The first-order valence-electron chi connectivity index (χ1n) is 5.59. The first-order chi connectivity index (χ1) is 8.50. The van der Waals surface area contributed by atoms with Crippen LogP contribution in [0, 0.1) is 0 Å². The molecule has 18 heavy (non-hydrogen) atoms. The van der Waals surface area contributed by atoms with Gasteiger partial charge in [-0.2, -0.15) is 0 Å². The van der Waals surface area contributed by atoms with Crippen molar-refractivity contribution in [2.45, 2.75) is 26.1 Å². The molecule has 98 valence electrons. The van der Waals surface area contributed by atoms with Crippen molar-refractivity contribution in [2.75, 3.05) is 6.61 Å². The molecule has 0 heterocycles. The maximum atomic E-state index is 11.6. The van der Waals surface area contributed by atoms with Gasteiger partial charge < -0.3 is 14.6 Å². The molecule has 5 heteroatoms. The second-order valence-corrected chi connectivity index (χ2v) is 3.83. The van der Waals surface area contributed by atoms with Gasteiger partial charge in [-0.25, -0.2) is 9.59 Å². The predicted octanol–water partition coefficient (Wildman–Crippen LogP) is 1.61. The maximum Gasteiger partial charge on any atom is 0.349 e. The summed E-state index contributed by atoms with van der Waals surface area (Å²) in [6, 6.07) is 9.02. The van der Waals surface area contributed by atoms with E-state index in [2.05, 4.69) is 0 Å². The van der Waals surface area contributed by atoms with Gasteiger partial charge in [0.1, 0.15) is 0 Å². The normalized spacial score (nSPS) is 13.7. The van der Waals surface area contributed by atoms with Crippen LogP contribution in [0.4, 0.5) is 0 Å². The van der Waals surface area contributed by atoms with Gasteiger partial charge in [0.05, 0.1) is 13.2 Å². The minimum Gasteiger partial charge on any atom is -0.479 e. The van der Waals surface area contributed by atoms with Gasteiger partial charge in [0.25, 0.3) is 5.60 Å². The maximum absolute atomic E-state index is 11.6. The number of hydrogen-bond acceptors (Lipinski definition) is 4. The Bertz CT molecular complexity index is 415. The van der Waals surface area contributed by atoms with E-state index < -0.39 is 17.5 Å². The van der Waals surface area contributed by atoms with Crippen LogP contribution in [-0.2, 0) is 25.7 Å². The minimum atomic E-state index is -1.98. The summed E-state index contributed by atoms with van der Waals surface area (Å²) < 4.78 is 9.93. The van der Waals surface area contributed by atoms with E-state index in [0.29, 0.717) is 0 Å². The van der Waals surface area contributed by atoms with E-state index in [1.54, 1.807) is 31.2 Å². The summed E-state index contributed by atoms with van der Waals surface area (Å²) in [5, 5.41) is 9.08. The molecule has 0 aliphatic rings. The van der Waals surface area contributed by atoms with Crippen molar-refractivity contribution in [3.05, 3.63) is 35.9 Å². The molecule has 1 rings (SSSR count). The highest BCUT2D eigenvalue weighted by atomic mass is 16.6. The third-order valence-corrected chi connectivity index (χ3v) is 2.44. The molecular weight excluding hydrogens is 236 g/mol. The minimum absolute atomic E-state index is 0.0302. The number of hydrogen-bond donors (Lipinski definition) is 1. The van der Waals surface area contributed by atoms with Crippen LogP contribution >= 0.6 is 0 Å². The molecule has 1 aromatic carbocycles. The molecule has 0 amide bonds. The summed E-state index contributed by atoms with van der Waals surface area (Å²) >= 11 is 0. The molecule has 0 saturated heterocycles. The Kier molecular flexibility index (Phi) is 4.85. The van der Waals surface area contributed by atoms with Crippen molar-refractivity contribution in [1.82, 2.24) is 0 Å². The topological polar surface area (TPSA) is 72.8 Å². The second-order valence-electron chi connectivity index (χ2n) is 3.83. The molecule has 5 nitrogen and oxygen atoms in total. The smallest absolute Gasteiger partial charge is 0.349 e. The molecule has 0 unspecified atom stereocenters. The van der Waals surface area contributed by atoms with Gasteiger partial charge in [-0.05, 0) is 19.4 Å². The molecular formula is C13H16O5. The largest absolute Gasteiger partial charge is 0.479 e. The lowest BCUT2D eigenvalue weighted by Gasteiger charge is -2.22. The van der Waals surface area contributed by atoms with Crippen LogP contribution in [0.1, 0.15) is 19.4 Å². The van der Waals surface area contributed by atoms with Gasteiger partial charge in [-0.1, -0.05) is 30.3 Å². The average Bonchev–Trinajstić information content (AvgIpc) is 2.37. The molecule has 0 saturated carbocycles. The number of carbonyl (C=O) groups excluding carboxylic acids is 1. The lowest BCUT2D eigenvalue weighted by molar-refractivity contribution is -0.186. The Hall–Kier alpha value is -1.88. The summed E-state index contributed by atoms with van der Waals surface area (Å²) in [6.07, 6.45) is 0. The van der Waals surface area contributed by atoms with E-state index in [1.807, 2.05) is 6.07 Å². The van der Waals surface area contributed by atoms with Crippen molar-refractivity contribution in [3.8, 4) is 0 Å². The van der Waals surface area contributed by atoms with E-state index in [4.69, 9.17) is 14.6 Å². The monoisotopic (exact) mass is 252 g/mol. The van der Waals surface area contributed by atoms with Crippen LogP contribution in [0.25, 0.3) is 0 Å². The number of rotatable bonds is 6. The van der Waals surface area contributed by atoms with Crippen molar-refractivity contribution in [3.63, 3.8) is 0 Å². The Balaban J connectivity index is 2.75. The molecule has 1 atom stereocenters. The zero-order chi connectivity index (χ0) is 13.6. The van der Waals surface area contributed by atoms with Crippen LogP contribution in [0.5, 0.6) is 0 Å². The Morgan fingerprint density at radius 3 is 2.39 bits per heavy atom. The van der Waals surface area contributed by atoms with Gasteiger partial charge in [0.15, 0.2) is 0 Å². The molecule has 0 aliphatic carbocycles. The summed E-state index contributed by atoms with van der Waals surface area (Å²) in [6.45, 7) is 2.94. The summed E-state index contributed by atoms with van der Waals surface area (Å²) in [7, 11) is 0. The van der Waals surface area contributed by atoms with Gasteiger partial charge in [0.2, 0.25) is 0 Å². The third-order valence-electron chi connectivity index (χ3n) is 2.44. The first kappa shape index (κ1) is 14.2. The van der Waals surface area contributed by atoms with Crippen LogP contribution in [0.3, 0.4) is 0 Å². The number of carboxylic acids is 1. The Labute approximate surface area is 105 Å². The molecule has 0 bridgehead atoms. The summed E-state index contributed by atoms with van der Waals surface area (Å²) in [5.74, 6) is -2.26. The Morgan fingerprint density at radius 1 is 1.28 bits per heavy atom. The number of ether oxygens (including phenoxy) is 2. The molecule has 0 aromatic heterocycles. The lowest BCUT2D eigenvalue weighted by Crippen LogP contribution is -2.47. The van der Waals surface area contributed by atoms with E-state index in [0.717, 1.165) is 5.56 Å². The summed E-state index contributed by atoms with van der Waals surface area (Å²) in [4.78, 5) is 22.7. The zero-order valence-electron chi connectivity index (χ0n) is 10.4. The van der Waals surface area contributed by atoms with Crippen LogP contribution in [-0.4, -0.2) is 29.3 Å². The van der Waals surface area contributed by atoms with Crippen molar-refractivity contribution < 1.29 is 24.2 Å². The highest BCUT2D eigenvalue weighted by Crippen LogP contribution is 2.16. The second kappa shape index (κ2) is 6.16. The quantitative estimate of drug-likeness (QED) is 0.615. The predicted molar refractivity (Wildman–Crippen MR) is 63.9 cm³/mol. The number of esters is 1. The van der Waals surface area contributed by atoms with Crippen LogP contribution in [0.15, 0.2) is 30.3 Å². The lowest BCUT2D eigenvalue weighted by atomic mass is 10.1. The van der Waals surface area contributed by atoms with Crippen LogP contribution in [0.2, 0.25) is 0 Å². The van der Waals surface area contributed by atoms with Gasteiger partial charge in [-0.15, -0.1) is 0 Å². The van der Waals surface area contributed by atoms with E-state index in [1.165, 1.54) is 6.92 Å². The van der Waals surface area contributed by atoms with Crippen LogP contribution < -0.4 is 0 Å². The van der Waals surface area contributed by atoms with Gasteiger partial charge in [-0.3, -0.25) is 0 Å². The van der Waals surface area contributed by atoms with Gasteiger partial charge in [0, 0.05) is 0 Å². The van der Waals surface area contributed by atoms with E-state index >= 15 is 0 Å². The summed E-state index contributed by atoms with van der Waals surface area (Å²) in [5.41, 5.74) is -1.19. The number of carboxylic acid groups (broad SMARTS) is 1. The fraction of sp³-hybridized carbons (Fsp3) is 0.385. The standard InChI is InChI=1S/C13H16O5/c1-3-17-12(16)13(2,11(14)15)18-9-10-7-5-4-6-8-10/h4-8H,3,9H2,1-2H3,(H,14,15)/t13-/m1/s1. The first-order valence-corrected chi connectivity index (χ1v) is 5.59. The molecule has 0 aliphatic heterocycles. The van der Waals surface area contributed by atoms with Gasteiger partial charge >= 0.3 is 11.9 Å². The number of benzene rings is 1. The molecule has 0 fully saturated rings. The highest BCUT2D eigenvalue weighted by molar-refractivity contribution is 6.02. The van der Waals surface area contributed by atoms with Crippen molar-refractivity contribution >= 4 is 11.9 Å². The Morgan fingerprint density at radius 2 is 1.89 bits per heavy atom. The molecule has 0 spiro atoms. The number of aliphatic carboxylic acids is 1. The molecule has 1 aromatic rings. The zero-order valence-corrected chi connectivity index (χ0v) is 10.4. The molecule has 0 radical (unpaired) electrons. The highest BCUT2D eigenvalue weighted by Gasteiger charge is 2.44. The fourth-order valence-corrected chi connectivity index (χ4v) is 1.28. The van der Waals surface area contributed by atoms with E-state index in [9.17, 15) is 9.59 Å². The number of carbonyl (C=O) groups is 2. The van der Waals surface area contributed by atoms with Crippen molar-refractivity contribution in [2.24, 2.45) is 0 Å². The fourth-order valence-electron chi connectivity index (χ4n) is 1.28. The van der Waals surface area contributed by atoms with Crippen molar-refractivity contribution in [1.29, 1.82) is 0 Å². The molecule has 1 N–H and O–H groups in total. The van der Waals surface area contributed by atoms with E-state index in [-0.39, 0.29) is 13.2 Å².